The van der Waals surface area contributed by atoms with E-state index in [0.717, 1.165) is 5.56 Å². The molecule has 0 heterocycles. The molecule has 2 rings (SSSR count). The van der Waals surface area contributed by atoms with Crippen molar-refractivity contribution in [2.75, 3.05) is 32.7 Å². The van der Waals surface area contributed by atoms with Gasteiger partial charge < -0.3 is 14.8 Å². The molecule has 2 aromatic carbocycles. The van der Waals surface area contributed by atoms with Gasteiger partial charge in [0.15, 0.2) is 0 Å². The van der Waals surface area contributed by atoms with E-state index in [-0.39, 0.29) is 17.0 Å². The van der Waals surface area contributed by atoms with E-state index in [1.165, 1.54) is 25.3 Å². The topological polar surface area (TPSA) is 93.7 Å². The fourth-order valence-corrected chi connectivity index (χ4v) is 3.54. The van der Waals surface area contributed by atoms with Gasteiger partial charge in [0.2, 0.25) is 10.0 Å². The third kappa shape index (κ3) is 5.78. The number of benzene rings is 2. The molecule has 0 atom stereocenters. The molecule has 0 saturated carbocycles. The van der Waals surface area contributed by atoms with Crippen molar-refractivity contribution in [1.82, 2.24) is 4.72 Å². The summed E-state index contributed by atoms with van der Waals surface area (Å²) in [5.41, 5.74) is 1.72. The predicted octanol–water partition coefficient (Wildman–Crippen LogP) is 2.57. The third-order valence-corrected chi connectivity index (χ3v) is 5.29. The molecule has 8 heteroatoms. The fourth-order valence-electron chi connectivity index (χ4n) is 2.42. The van der Waals surface area contributed by atoms with E-state index in [2.05, 4.69) is 10.0 Å². The van der Waals surface area contributed by atoms with Crippen LogP contribution in [0.15, 0.2) is 47.4 Å². The van der Waals surface area contributed by atoms with E-state index in [9.17, 15) is 13.2 Å². The van der Waals surface area contributed by atoms with Gasteiger partial charge in [-0.25, -0.2) is 13.1 Å². The van der Waals surface area contributed by atoms with Gasteiger partial charge in [-0.1, -0.05) is 12.1 Å². The van der Waals surface area contributed by atoms with Crippen molar-refractivity contribution < 1.29 is 22.7 Å². The Morgan fingerprint density at radius 1 is 1.11 bits per heavy atom. The number of ether oxygens (including phenoxy) is 2. The summed E-state index contributed by atoms with van der Waals surface area (Å²) < 4.78 is 37.4. The number of carbonyl (C=O) groups is 1. The number of amides is 1. The molecule has 1 amide bonds. The molecular weight excluding hydrogens is 368 g/mol. The summed E-state index contributed by atoms with van der Waals surface area (Å²) in [5.74, 6) is 0.105. The molecule has 0 fully saturated rings. The van der Waals surface area contributed by atoms with Gasteiger partial charge in [0, 0.05) is 25.8 Å². The standard InChI is InChI=1S/C19H24N2O5S/c1-14-8-9-18(26-3)17(12-14)21-19(22)15-6-4-7-16(13-15)27(23,24)20-10-5-11-25-2/h4,6-9,12-13,20H,5,10-11H2,1-3H3,(H,21,22). The minimum atomic E-state index is -3.70. The van der Waals surface area contributed by atoms with Crippen molar-refractivity contribution in [3.8, 4) is 5.75 Å². The first-order chi connectivity index (χ1) is 12.9. The summed E-state index contributed by atoms with van der Waals surface area (Å²) in [4.78, 5) is 12.6. The second-order valence-corrected chi connectivity index (χ2v) is 7.70. The highest BCUT2D eigenvalue weighted by atomic mass is 32.2. The van der Waals surface area contributed by atoms with Crippen LogP contribution in [0.1, 0.15) is 22.3 Å². The molecule has 146 valence electrons. The Morgan fingerprint density at radius 3 is 2.59 bits per heavy atom. The summed E-state index contributed by atoms with van der Waals surface area (Å²) >= 11 is 0. The number of anilines is 1. The Hall–Kier alpha value is -2.42. The summed E-state index contributed by atoms with van der Waals surface area (Å²) in [7, 11) is -0.627. The van der Waals surface area contributed by atoms with Crippen LogP contribution in [0.3, 0.4) is 0 Å². The summed E-state index contributed by atoms with van der Waals surface area (Å²) in [6.07, 6.45) is 0.559. The van der Waals surface area contributed by atoms with Crippen LogP contribution in [-0.2, 0) is 14.8 Å². The molecule has 0 aliphatic heterocycles. The molecule has 0 unspecified atom stereocenters. The van der Waals surface area contributed by atoms with Crippen LogP contribution in [0.4, 0.5) is 5.69 Å². The number of hydrogen-bond acceptors (Lipinski definition) is 5. The van der Waals surface area contributed by atoms with Crippen LogP contribution in [0.2, 0.25) is 0 Å². The number of sulfonamides is 1. The second-order valence-electron chi connectivity index (χ2n) is 5.93. The lowest BCUT2D eigenvalue weighted by atomic mass is 10.1. The highest BCUT2D eigenvalue weighted by molar-refractivity contribution is 7.89. The molecule has 0 aromatic heterocycles. The number of nitrogens with one attached hydrogen (secondary N) is 2. The van der Waals surface area contributed by atoms with Crippen molar-refractivity contribution in [2.45, 2.75) is 18.2 Å². The van der Waals surface area contributed by atoms with Crippen molar-refractivity contribution in [1.29, 1.82) is 0 Å². The van der Waals surface area contributed by atoms with Gasteiger partial charge >= 0.3 is 0 Å². The average molecular weight is 392 g/mol. The molecule has 0 aliphatic carbocycles. The number of methoxy groups -OCH3 is 2. The van der Waals surface area contributed by atoms with Gasteiger partial charge in [-0.05, 0) is 49.2 Å². The summed E-state index contributed by atoms with van der Waals surface area (Å²) in [6, 6.07) is 11.3. The molecule has 0 radical (unpaired) electrons. The van der Waals surface area contributed by atoms with Crippen LogP contribution in [0, 0.1) is 6.92 Å². The molecule has 27 heavy (non-hydrogen) atoms. The monoisotopic (exact) mass is 392 g/mol. The van der Waals surface area contributed by atoms with E-state index in [0.29, 0.717) is 24.5 Å². The van der Waals surface area contributed by atoms with Crippen LogP contribution in [-0.4, -0.2) is 41.7 Å². The Labute approximate surface area is 159 Å². The fraction of sp³-hybridized carbons (Fsp3) is 0.316. The van der Waals surface area contributed by atoms with Crippen LogP contribution < -0.4 is 14.8 Å². The minimum Gasteiger partial charge on any atom is -0.495 e. The van der Waals surface area contributed by atoms with Gasteiger partial charge in [0.1, 0.15) is 5.75 Å². The zero-order valence-electron chi connectivity index (χ0n) is 15.6. The zero-order valence-corrected chi connectivity index (χ0v) is 16.4. The molecular formula is C19H24N2O5S. The largest absolute Gasteiger partial charge is 0.495 e. The highest BCUT2D eigenvalue weighted by Crippen LogP contribution is 2.26. The quantitative estimate of drug-likeness (QED) is 0.640. The van der Waals surface area contributed by atoms with Crippen LogP contribution >= 0.6 is 0 Å². The summed E-state index contributed by atoms with van der Waals surface area (Å²) in [5, 5.41) is 2.76. The molecule has 2 aromatic rings. The number of hydrogen-bond donors (Lipinski definition) is 2. The van der Waals surface area contributed by atoms with E-state index < -0.39 is 15.9 Å². The van der Waals surface area contributed by atoms with Crippen LogP contribution in [0.25, 0.3) is 0 Å². The normalized spacial score (nSPS) is 11.2. The average Bonchev–Trinajstić information content (AvgIpc) is 2.65. The number of aryl methyl sites for hydroxylation is 1. The minimum absolute atomic E-state index is 0.0313. The maximum absolute atomic E-state index is 12.6. The first-order valence-corrected chi connectivity index (χ1v) is 9.90. The lowest BCUT2D eigenvalue weighted by Gasteiger charge is -2.12. The predicted molar refractivity (Wildman–Crippen MR) is 104 cm³/mol. The Balaban J connectivity index is 2.17. The highest BCUT2D eigenvalue weighted by Gasteiger charge is 2.16. The van der Waals surface area contributed by atoms with Crippen molar-refractivity contribution in [3.63, 3.8) is 0 Å². The van der Waals surface area contributed by atoms with E-state index >= 15 is 0 Å². The number of carbonyl (C=O) groups excluding carboxylic acids is 1. The lowest BCUT2D eigenvalue weighted by Crippen LogP contribution is -2.26. The second kappa shape index (κ2) is 9.50. The van der Waals surface area contributed by atoms with Crippen molar-refractivity contribution in [2.24, 2.45) is 0 Å². The molecule has 0 bridgehead atoms. The SMILES string of the molecule is COCCCNS(=O)(=O)c1cccc(C(=O)Nc2cc(C)ccc2OC)c1. The van der Waals surface area contributed by atoms with E-state index in [1.807, 2.05) is 13.0 Å². The molecule has 0 saturated heterocycles. The maximum atomic E-state index is 12.6. The third-order valence-electron chi connectivity index (χ3n) is 3.83. The number of rotatable bonds is 9. The summed E-state index contributed by atoms with van der Waals surface area (Å²) in [6.45, 7) is 2.62. The van der Waals surface area contributed by atoms with E-state index in [1.54, 1.807) is 25.3 Å². The first kappa shape index (κ1) is 20.9. The van der Waals surface area contributed by atoms with Gasteiger partial charge in [0.25, 0.3) is 5.91 Å². The molecule has 0 aliphatic rings. The molecule has 2 N–H and O–H groups in total. The Bertz CT molecular complexity index is 897. The van der Waals surface area contributed by atoms with Crippen LogP contribution in [0.5, 0.6) is 5.75 Å². The van der Waals surface area contributed by atoms with Gasteiger partial charge in [-0.2, -0.15) is 0 Å². The smallest absolute Gasteiger partial charge is 0.255 e. The van der Waals surface area contributed by atoms with Gasteiger partial charge in [-0.15, -0.1) is 0 Å². The lowest BCUT2D eigenvalue weighted by molar-refractivity contribution is 0.102. The first-order valence-electron chi connectivity index (χ1n) is 8.42. The maximum Gasteiger partial charge on any atom is 0.255 e. The van der Waals surface area contributed by atoms with Gasteiger partial charge in [0.05, 0.1) is 17.7 Å². The van der Waals surface area contributed by atoms with E-state index in [4.69, 9.17) is 9.47 Å². The molecule has 7 nitrogen and oxygen atoms in total. The van der Waals surface area contributed by atoms with Gasteiger partial charge in [-0.3, -0.25) is 4.79 Å². The molecule has 0 spiro atoms. The zero-order chi connectivity index (χ0) is 19.9. The Kier molecular flexibility index (Phi) is 7.35. The van der Waals surface area contributed by atoms with Crippen molar-refractivity contribution >= 4 is 21.6 Å². The Morgan fingerprint density at radius 2 is 1.89 bits per heavy atom. The van der Waals surface area contributed by atoms with Crippen molar-refractivity contribution in [3.05, 3.63) is 53.6 Å².